The van der Waals surface area contributed by atoms with E-state index in [1.807, 2.05) is 0 Å². The highest BCUT2D eigenvalue weighted by Crippen LogP contribution is 2.38. The molecule has 0 aromatic rings. The smallest absolute Gasteiger partial charge is 0.305 e. The van der Waals surface area contributed by atoms with Crippen LogP contribution in [-0.4, -0.2) is 40.0 Å². The predicted molar refractivity (Wildman–Crippen MR) is 80.8 cm³/mol. The zero-order valence-corrected chi connectivity index (χ0v) is 13.1. The van der Waals surface area contributed by atoms with Crippen LogP contribution in [0, 0.1) is 0 Å². The van der Waals surface area contributed by atoms with Gasteiger partial charge in [0.15, 0.2) is 0 Å². The number of aliphatic carboxylic acids is 1. The molecule has 0 atom stereocenters. The Balaban J connectivity index is 2.18. The average molecular weight is 296 g/mol. The monoisotopic (exact) mass is 296 g/mol. The van der Waals surface area contributed by atoms with Gasteiger partial charge in [0.1, 0.15) is 0 Å². The van der Waals surface area contributed by atoms with Gasteiger partial charge in [-0.3, -0.25) is 9.59 Å². The highest BCUT2D eigenvalue weighted by molar-refractivity contribution is 5.87. The summed E-state index contributed by atoms with van der Waals surface area (Å²) < 4.78 is 0. The SMILES string of the molecule is CN(C(=O)C1(N)CCCCC1)C1(CC(=O)O)CCCCC1. The normalized spacial score (nSPS) is 24.3. The minimum atomic E-state index is -0.828. The van der Waals surface area contributed by atoms with Crippen molar-refractivity contribution in [3.8, 4) is 0 Å². The van der Waals surface area contributed by atoms with Gasteiger partial charge in [-0.2, -0.15) is 0 Å². The van der Waals surface area contributed by atoms with Crippen LogP contribution in [0.15, 0.2) is 0 Å². The van der Waals surface area contributed by atoms with Crippen molar-refractivity contribution in [1.82, 2.24) is 4.90 Å². The van der Waals surface area contributed by atoms with Crippen LogP contribution in [0.1, 0.15) is 70.6 Å². The molecule has 1 amide bonds. The lowest BCUT2D eigenvalue weighted by Gasteiger charge is -2.47. The number of amides is 1. The van der Waals surface area contributed by atoms with E-state index in [0.717, 1.165) is 64.2 Å². The molecule has 0 saturated heterocycles. The van der Waals surface area contributed by atoms with Gasteiger partial charge in [-0.15, -0.1) is 0 Å². The van der Waals surface area contributed by atoms with Crippen molar-refractivity contribution in [2.75, 3.05) is 7.05 Å². The van der Waals surface area contributed by atoms with Gasteiger partial charge in [-0.1, -0.05) is 38.5 Å². The lowest BCUT2D eigenvalue weighted by atomic mass is 9.75. The summed E-state index contributed by atoms with van der Waals surface area (Å²) in [5.41, 5.74) is 5.04. The van der Waals surface area contributed by atoms with Crippen LogP contribution in [0.25, 0.3) is 0 Å². The first-order chi connectivity index (χ1) is 9.90. The van der Waals surface area contributed by atoms with Crippen molar-refractivity contribution in [3.05, 3.63) is 0 Å². The largest absolute Gasteiger partial charge is 0.481 e. The van der Waals surface area contributed by atoms with E-state index in [0.29, 0.717) is 0 Å². The third-order valence-corrected chi connectivity index (χ3v) is 5.45. The van der Waals surface area contributed by atoms with Crippen LogP contribution < -0.4 is 5.73 Å². The first-order valence-electron chi connectivity index (χ1n) is 8.19. The summed E-state index contributed by atoms with van der Waals surface area (Å²) in [5.74, 6) is -0.878. The molecule has 3 N–H and O–H groups in total. The Kier molecular flexibility index (Phi) is 4.91. The molecule has 2 aliphatic carbocycles. The summed E-state index contributed by atoms with van der Waals surface area (Å²) in [5, 5.41) is 9.27. The Labute approximate surface area is 126 Å². The first-order valence-corrected chi connectivity index (χ1v) is 8.19. The maximum Gasteiger partial charge on any atom is 0.305 e. The molecule has 0 bridgehead atoms. The summed E-state index contributed by atoms with van der Waals surface area (Å²) in [6.07, 6.45) is 9.24. The molecule has 0 unspecified atom stereocenters. The number of carbonyl (C=O) groups excluding carboxylic acids is 1. The molecule has 2 fully saturated rings. The van der Waals surface area contributed by atoms with Crippen LogP contribution in [0.2, 0.25) is 0 Å². The average Bonchev–Trinajstić information content (AvgIpc) is 2.46. The van der Waals surface area contributed by atoms with Gasteiger partial charge in [0, 0.05) is 7.05 Å². The van der Waals surface area contributed by atoms with E-state index in [1.54, 1.807) is 11.9 Å². The van der Waals surface area contributed by atoms with Crippen molar-refractivity contribution in [3.63, 3.8) is 0 Å². The van der Waals surface area contributed by atoms with E-state index >= 15 is 0 Å². The molecule has 5 heteroatoms. The fourth-order valence-corrected chi connectivity index (χ4v) is 4.07. The molecule has 2 aliphatic rings. The van der Waals surface area contributed by atoms with E-state index in [4.69, 9.17) is 5.73 Å². The molecular formula is C16H28N2O3. The number of carboxylic acid groups (broad SMARTS) is 1. The lowest BCUT2D eigenvalue weighted by molar-refractivity contribution is -0.149. The van der Waals surface area contributed by atoms with Gasteiger partial charge in [0.25, 0.3) is 0 Å². The predicted octanol–water partition coefficient (Wildman–Crippen LogP) is 2.28. The van der Waals surface area contributed by atoms with Gasteiger partial charge < -0.3 is 15.7 Å². The number of nitrogens with zero attached hydrogens (tertiary/aromatic N) is 1. The fourth-order valence-electron chi connectivity index (χ4n) is 4.07. The Morgan fingerprint density at radius 1 is 1.00 bits per heavy atom. The number of likely N-dealkylation sites (N-methyl/N-ethyl adjacent to an activating group) is 1. The second-order valence-corrected chi connectivity index (χ2v) is 6.94. The van der Waals surface area contributed by atoms with E-state index in [-0.39, 0.29) is 12.3 Å². The van der Waals surface area contributed by atoms with Gasteiger partial charge in [0.2, 0.25) is 5.91 Å². The quantitative estimate of drug-likeness (QED) is 0.833. The number of carboxylic acids is 1. The molecule has 0 spiro atoms. The minimum Gasteiger partial charge on any atom is -0.481 e. The van der Waals surface area contributed by atoms with Crippen molar-refractivity contribution in [1.29, 1.82) is 0 Å². The number of rotatable bonds is 4. The second kappa shape index (κ2) is 6.34. The zero-order chi connectivity index (χ0) is 15.5. The Hall–Kier alpha value is -1.10. The summed E-state index contributed by atoms with van der Waals surface area (Å²) in [6, 6.07) is 0. The van der Waals surface area contributed by atoms with Crippen molar-refractivity contribution in [2.24, 2.45) is 5.73 Å². The maximum absolute atomic E-state index is 12.9. The Morgan fingerprint density at radius 2 is 1.48 bits per heavy atom. The van der Waals surface area contributed by atoms with E-state index in [9.17, 15) is 14.7 Å². The summed E-state index contributed by atoms with van der Waals surface area (Å²) in [4.78, 5) is 25.9. The van der Waals surface area contributed by atoms with Gasteiger partial charge in [-0.25, -0.2) is 0 Å². The molecule has 0 radical (unpaired) electrons. The molecular weight excluding hydrogens is 268 g/mol. The van der Waals surface area contributed by atoms with E-state index in [2.05, 4.69) is 0 Å². The van der Waals surface area contributed by atoms with Gasteiger partial charge in [-0.05, 0) is 25.7 Å². The zero-order valence-electron chi connectivity index (χ0n) is 13.1. The summed E-state index contributed by atoms with van der Waals surface area (Å²) in [6.45, 7) is 0. The molecule has 2 saturated carbocycles. The van der Waals surface area contributed by atoms with Crippen LogP contribution in [-0.2, 0) is 9.59 Å². The highest BCUT2D eigenvalue weighted by atomic mass is 16.4. The second-order valence-electron chi connectivity index (χ2n) is 6.94. The molecule has 2 rings (SSSR count). The van der Waals surface area contributed by atoms with Crippen LogP contribution in [0.5, 0.6) is 0 Å². The molecule has 0 aromatic carbocycles. The minimum absolute atomic E-state index is 0.0331. The van der Waals surface area contributed by atoms with Gasteiger partial charge in [0.05, 0.1) is 17.5 Å². The third kappa shape index (κ3) is 3.39. The standard InChI is InChI=1S/C16H28N2O3/c1-18(14(21)16(17)10-6-3-7-11-16)15(12-13(19)20)8-4-2-5-9-15/h2-12,17H2,1H3,(H,19,20). The van der Waals surface area contributed by atoms with Crippen molar-refractivity contribution < 1.29 is 14.7 Å². The molecule has 0 aliphatic heterocycles. The number of nitrogens with two attached hydrogens (primary N) is 1. The van der Waals surface area contributed by atoms with Crippen molar-refractivity contribution >= 4 is 11.9 Å². The molecule has 21 heavy (non-hydrogen) atoms. The number of carbonyl (C=O) groups is 2. The van der Waals surface area contributed by atoms with Crippen LogP contribution >= 0.6 is 0 Å². The maximum atomic E-state index is 12.9. The fraction of sp³-hybridized carbons (Fsp3) is 0.875. The Morgan fingerprint density at radius 3 is 1.95 bits per heavy atom. The molecule has 0 heterocycles. The number of hydrogen-bond acceptors (Lipinski definition) is 3. The van der Waals surface area contributed by atoms with E-state index in [1.165, 1.54) is 0 Å². The van der Waals surface area contributed by atoms with Crippen molar-refractivity contribution in [2.45, 2.75) is 81.7 Å². The Bertz CT molecular complexity index is 396. The third-order valence-electron chi connectivity index (χ3n) is 5.45. The summed E-state index contributed by atoms with van der Waals surface area (Å²) >= 11 is 0. The first kappa shape index (κ1) is 16.3. The van der Waals surface area contributed by atoms with E-state index < -0.39 is 17.0 Å². The molecule has 120 valence electrons. The lowest BCUT2D eigenvalue weighted by Crippen LogP contribution is -2.62. The van der Waals surface area contributed by atoms with Crippen LogP contribution in [0.3, 0.4) is 0 Å². The summed E-state index contributed by atoms with van der Waals surface area (Å²) in [7, 11) is 1.76. The molecule has 5 nitrogen and oxygen atoms in total. The molecule has 0 aromatic heterocycles. The number of hydrogen-bond donors (Lipinski definition) is 2. The topological polar surface area (TPSA) is 83.6 Å². The highest BCUT2D eigenvalue weighted by Gasteiger charge is 2.46. The van der Waals surface area contributed by atoms with Crippen LogP contribution in [0.4, 0.5) is 0 Å². The van der Waals surface area contributed by atoms with Gasteiger partial charge >= 0.3 is 5.97 Å².